The lowest BCUT2D eigenvalue weighted by atomic mass is 9.95. The molecule has 0 spiro atoms. The van der Waals surface area contributed by atoms with E-state index in [0.29, 0.717) is 12.0 Å². The third-order valence-electron chi connectivity index (χ3n) is 4.08. The van der Waals surface area contributed by atoms with Gasteiger partial charge in [-0.25, -0.2) is 0 Å². The van der Waals surface area contributed by atoms with E-state index in [0.717, 1.165) is 25.1 Å². The normalized spacial score (nSPS) is 24.3. The molecule has 0 saturated heterocycles. The minimum atomic E-state index is 0.181. The molecule has 0 radical (unpaired) electrons. The van der Waals surface area contributed by atoms with Gasteiger partial charge in [0.2, 0.25) is 0 Å². The van der Waals surface area contributed by atoms with Crippen molar-refractivity contribution in [2.24, 2.45) is 0 Å². The number of hydrogen-bond donors (Lipinski definition) is 1. The monoisotopic (exact) mass is 294 g/mol. The summed E-state index contributed by atoms with van der Waals surface area (Å²) in [5.41, 5.74) is 3.67. The van der Waals surface area contributed by atoms with Crippen LogP contribution in [0.15, 0.2) is 12.1 Å². The van der Waals surface area contributed by atoms with E-state index in [1.807, 2.05) is 7.11 Å². The fourth-order valence-electron chi connectivity index (χ4n) is 3.00. The zero-order valence-corrected chi connectivity index (χ0v) is 13.9. The molecule has 3 nitrogen and oxygen atoms in total. The van der Waals surface area contributed by atoms with Gasteiger partial charge in [0.25, 0.3) is 0 Å². The minimum absolute atomic E-state index is 0.181. The lowest BCUT2D eigenvalue weighted by Crippen LogP contribution is -2.16. The maximum absolute atomic E-state index is 5.50. The largest absolute Gasteiger partial charge is 0.381 e. The van der Waals surface area contributed by atoms with E-state index in [-0.39, 0.29) is 5.25 Å². The highest BCUT2D eigenvalue weighted by molar-refractivity contribution is 7.80. The van der Waals surface area contributed by atoms with Gasteiger partial charge in [-0.3, -0.25) is 4.98 Å². The number of aromatic nitrogens is 1. The second kappa shape index (κ2) is 6.92. The predicted molar refractivity (Wildman–Crippen MR) is 86.4 cm³/mol. The van der Waals surface area contributed by atoms with E-state index in [9.17, 15) is 0 Å². The minimum Gasteiger partial charge on any atom is -0.381 e. The number of thiol groups is 1. The molecular weight excluding hydrogens is 268 g/mol. The molecule has 4 heteroatoms. The van der Waals surface area contributed by atoms with Gasteiger partial charge in [-0.1, -0.05) is 6.07 Å². The van der Waals surface area contributed by atoms with Crippen molar-refractivity contribution >= 4 is 12.6 Å². The molecule has 2 rings (SSSR count). The lowest BCUT2D eigenvalue weighted by molar-refractivity contribution is 0.108. The van der Waals surface area contributed by atoms with E-state index in [1.54, 1.807) is 0 Å². The molecular formula is C16H26N2OS. The zero-order valence-electron chi connectivity index (χ0n) is 13.0. The standard InChI is InChI=1S/C16H26N2OS/c1-11(20)15-8-7-14(16(17-15)10-18(2)3)12-5-6-13(9-12)19-4/h7-8,11-13,20H,5-6,9-10H2,1-4H3. The van der Waals surface area contributed by atoms with Crippen LogP contribution in [0, 0.1) is 0 Å². The number of methoxy groups -OCH3 is 1. The molecule has 1 fully saturated rings. The maximum atomic E-state index is 5.50. The summed E-state index contributed by atoms with van der Waals surface area (Å²) in [6.45, 7) is 2.96. The van der Waals surface area contributed by atoms with Gasteiger partial charge < -0.3 is 9.64 Å². The Kier molecular flexibility index (Phi) is 5.47. The summed E-state index contributed by atoms with van der Waals surface area (Å²) in [4.78, 5) is 7.03. The summed E-state index contributed by atoms with van der Waals surface area (Å²) in [6, 6.07) is 4.39. The number of nitrogens with zero attached hydrogens (tertiary/aromatic N) is 2. The summed E-state index contributed by atoms with van der Waals surface area (Å²) < 4.78 is 5.50. The van der Waals surface area contributed by atoms with Crippen LogP contribution in [0.1, 0.15) is 54.3 Å². The number of rotatable bonds is 5. The SMILES string of the molecule is COC1CCC(c2ccc(C(C)S)nc2CN(C)C)C1. The van der Waals surface area contributed by atoms with Crippen molar-refractivity contribution < 1.29 is 4.74 Å². The first-order chi connectivity index (χ1) is 9.51. The highest BCUT2D eigenvalue weighted by atomic mass is 32.1. The first-order valence-electron chi connectivity index (χ1n) is 7.36. The Morgan fingerprint density at radius 3 is 2.70 bits per heavy atom. The van der Waals surface area contributed by atoms with Crippen molar-refractivity contribution in [1.82, 2.24) is 9.88 Å². The summed E-state index contributed by atoms with van der Waals surface area (Å²) in [6.07, 6.45) is 3.90. The highest BCUT2D eigenvalue weighted by Gasteiger charge is 2.28. The number of ether oxygens (including phenoxy) is 1. The van der Waals surface area contributed by atoms with Crippen molar-refractivity contribution in [1.29, 1.82) is 0 Å². The second-order valence-electron chi connectivity index (χ2n) is 6.05. The summed E-state index contributed by atoms with van der Waals surface area (Å²) >= 11 is 4.50. The van der Waals surface area contributed by atoms with Crippen LogP contribution in [0.25, 0.3) is 0 Å². The zero-order chi connectivity index (χ0) is 14.7. The molecule has 1 aliphatic carbocycles. The van der Waals surface area contributed by atoms with Gasteiger partial charge in [-0.2, -0.15) is 12.6 Å². The molecule has 0 aromatic carbocycles. The molecule has 1 aliphatic rings. The Balaban J connectivity index is 2.27. The van der Waals surface area contributed by atoms with Gasteiger partial charge in [0.05, 0.1) is 17.5 Å². The predicted octanol–water partition coefficient (Wildman–Crippen LogP) is 3.42. The smallest absolute Gasteiger partial charge is 0.0582 e. The summed E-state index contributed by atoms with van der Waals surface area (Å²) in [5.74, 6) is 0.590. The van der Waals surface area contributed by atoms with Crippen molar-refractivity contribution in [3.63, 3.8) is 0 Å². The average Bonchev–Trinajstić information content (AvgIpc) is 2.86. The molecule has 3 unspecified atom stereocenters. The van der Waals surface area contributed by atoms with Crippen molar-refractivity contribution in [2.45, 2.75) is 50.0 Å². The molecule has 0 N–H and O–H groups in total. The third kappa shape index (κ3) is 3.74. The lowest BCUT2D eigenvalue weighted by Gasteiger charge is -2.19. The van der Waals surface area contributed by atoms with Crippen LogP contribution in [0.5, 0.6) is 0 Å². The summed E-state index contributed by atoms with van der Waals surface area (Å²) in [7, 11) is 6.00. The first kappa shape index (κ1) is 15.8. The van der Waals surface area contributed by atoms with Gasteiger partial charge in [-0.05, 0) is 57.8 Å². The van der Waals surface area contributed by atoms with Crippen LogP contribution in [0.4, 0.5) is 0 Å². The molecule has 1 saturated carbocycles. The van der Waals surface area contributed by atoms with E-state index in [4.69, 9.17) is 9.72 Å². The quantitative estimate of drug-likeness (QED) is 0.843. The summed E-state index contributed by atoms with van der Waals surface area (Å²) in [5, 5.41) is 0.181. The molecule has 0 amide bonds. The molecule has 1 heterocycles. The van der Waals surface area contributed by atoms with Gasteiger partial charge in [-0.15, -0.1) is 0 Å². The van der Waals surface area contributed by atoms with E-state index >= 15 is 0 Å². The molecule has 1 aromatic rings. The molecule has 1 aromatic heterocycles. The van der Waals surface area contributed by atoms with Crippen LogP contribution in [-0.4, -0.2) is 37.2 Å². The Labute approximate surface area is 128 Å². The van der Waals surface area contributed by atoms with E-state index in [2.05, 4.69) is 50.7 Å². The van der Waals surface area contributed by atoms with Gasteiger partial charge in [0.15, 0.2) is 0 Å². The van der Waals surface area contributed by atoms with Crippen LogP contribution in [0.2, 0.25) is 0 Å². The van der Waals surface area contributed by atoms with Crippen LogP contribution in [-0.2, 0) is 11.3 Å². The topological polar surface area (TPSA) is 25.4 Å². The van der Waals surface area contributed by atoms with Crippen molar-refractivity contribution in [3.05, 3.63) is 29.1 Å². The molecule has 20 heavy (non-hydrogen) atoms. The van der Waals surface area contributed by atoms with Crippen LogP contribution in [0.3, 0.4) is 0 Å². The van der Waals surface area contributed by atoms with E-state index in [1.165, 1.54) is 17.7 Å². The number of pyridine rings is 1. The maximum Gasteiger partial charge on any atom is 0.0582 e. The van der Waals surface area contributed by atoms with Crippen molar-refractivity contribution in [3.8, 4) is 0 Å². The average molecular weight is 294 g/mol. The van der Waals surface area contributed by atoms with Gasteiger partial charge in [0, 0.05) is 18.9 Å². The highest BCUT2D eigenvalue weighted by Crippen LogP contribution is 2.37. The van der Waals surface area contributed by atoms with E-state index < -0.39 is 0 Å². The van der Waals surface area contributed by atoms with Gasteiger partial charge in [0.1, 0.15) is 0 Å². The fourth-order valence-corrected chi connectivity index (χ4v) is 3.14. The molecule has 0 bridgehead atoms. The first-order valence-corrected chi connectivity index (χ1v) is 7.88. The number of hydrogen-bond acceptors (Lipinski definition) is 4. The third-order valence-corrected chi connectivity index (χ3v) is 4.35. The van der Waals surface area contributed by atoms with Crippen molar-refractivity contribution in [2.75, 3.05) is 21.2 Å². The molecule has 3 atom stereocenters. The van der Waals surface area contributed by atoms with Gasteiger partial charge >= 0.3 is 0 Å². The Morgan fingerprint density at radius 1 is 1.40 bits per heavy atom. The fraction of sp³-hybridized carbons (Fsp3) is 0.688. The molecule has 0 aliphatic heterocycles. The molecule has 112 valence electrons. The Morgan fingerprint density at radius 2 is 2.15 bits per heavy atom. The Hall–Kier alpha value is -0.580. The second-order valence-corrected chi connectivity index (χ2v) is 6.83. The van der Waals surface area contributed by atoms with Crippen LogP contribution < -0.4 is 0 Å². The van der Waals surface area contributed by atoms with Crippen LogP contribution >= 0.6 is 12.6 Å². The Bertz CT molecular complexity index is 448.